The third kappa shape index (κ3) is 2.76. The Hall–Kier alpha value is -1.03. The number of anilines is 1. The molecule has 0 atom stereocenters. The van der Waals surface area contributed by atoms with E-state index in [1.807, 2.05) is 6.92 Å². The summed E-state index contributed by atoms with van der Waals surface area (Å²) < 4.78 is 1.55. The molecule has 0 saturated heterocycles. The first-order valence-corrected chi connectivity index (χ1v) is 6.01. The quantitative estimate of drug-likeness (QED) is 0.801. The molecule has 0 aliphatic rings. The van der Waals surface area contributed by atoms with Gasteiger partial charge in [0.2, 0.25) is 5.95 Å². The highest BCUT2D eigenvalue weighted by atomic mass is 35.5. The summed E-state index contributed by atoms with van der Waals surface area (Å²) >= 11 is 5.66. The van der Waals surface area contributed by atoms with Gasteiger partial charge in [0.1, 0.15) is 0 Å². The lowest BCUT2D eigenvalue weighted by Gasteiger charge is -2.12. The van der Waals surface area contributed by atoms with Gasteiger partial charge in [0.15, 0.2) is 0 Å². The average Bonchev–Trinajstić information content (AvgIpc) is 2.27. The highest BCUT2D eigenvalue weighted by Gasteiger charge is 2.10. The molecule has 0 radical (unpaired) electrons. The SMILES string of the molecule is CCCNc1nc(C)c(CCCl)c(=O)n1C. The molecule has 1 aromatic heterocycles. The largest absolute Gasteiger partial charge is 0.356 e. The molecule has 0 aromatic carbocycles. The molecule has 1 N–H and O–H groups in total. The fourth-order valence-corrected chi connectivity index (χ4v) is 1.72. The lowest BCUT2D eigenvalue weighted by molar-refractivity contribution is 0.782. The van der Waals surface area contributed by atoms with E-state index >= 15 is 0 Å². The Balaban J connectivity index is 3.12. The third-order valence-corrected chi connectivity index (χ3v) is 2.66. The van der Waals surface area contributed by atoms with Crippen LogP contribution in [0.15, 0.2) is 4.79 Å². The maximum atomic E-state index is 12.0. The highest BCUT2D eigenvalue weighted by Crippen LogP contribution is 2.06. The van der Waals surface area contributed by atoms with Crippen molar-refractivity contribution in [2.75, 3.05) is 17.7 Å². The first-order chi connectivity index (χ1) is 7.61. The van der Waals surface area contributed by atoms with Crippen LogP contribution >= 0.6 is 11.6 Å². The zero-order valence-corrected chi connectivity index (χ0v) is 10.8. The highest BCUT2D eigenvalue weighted by molar-refractivity contribution is 6.17. The second-order valence-corrected chi connectivity index (χ2v) is 4.11. The van der Waals surface area contributed by atoms with Crippen LogP contribution in [-0.2, 0) is 13.5 Å². The molecule has 16 heavy (non-hydrogen) atoms. The molecule has 0 fully saturated rings. The lowest BCUT2D eigenvalue weighted by atomic mass is 10.2. The molecule has 0 spiro atoms. The van der Waals surface area contributed by atoms with Crippen LogP contribution in [0, 0.1) is 6.92 Å². The van der Waals surface area contributed by atoms with Crippen LogP contribution in [0.5, 0.6) is 0 Å². The van der Waals surface area contributed by atoms with Crippen molar-refractivity contribution in [2.45, 2.75) is 26.7 Å². The Bertz CT molecular complexity index is 414. The average molecular weight is 244 g/mol. The topological polar surface area (TPSA) is 46.9 Å². The van der Waals surface area contributed by atoms with E-state index in [-0.39, 0.29) is 5.56 Å². The van der Waals surface area contributed by atoms with Crippen LogP contribution < -0.4 is 10.9 Å². The lowest BCUT2D eigenvalue weighted by Crippen LogP contribution is -2.27. The van der Waals surface area contributed by atoms with Crippen LogP contribution in [0.25, 0.3) is 0 Å². The summed E-state index contributed by atoms with van der Waals surface area (Å²) in [7, 11) is 1.73. The number of hydrogen-bond donors (Lipinski definition) is 1. The van der Waals surface area contributed by atoms with Crippen molar-refractivity contribution in [2.24, 2.45) is 7.05 Å². The number of nitrogens with one attached hydrogen (secondary N) is 1. The summed E-state index contributed by atoms with van der Waals surface area (Å²) in [4.78, 5) is 16.4. The standard InChI is InChI=1S/C11H18ClN3O/c1-4-7-13-11-14-8(2)9(5-6-12)10(16)15(11)3/h4-7H2,1-3H3,(H,13,14). The second-order valence-electron chi connectivity index (χ2n) is 3.73. The van der Waals surface area contributed by atoms with Gasteiger partial charge in [-0.05, 0) is 19.8 Å². The van der Waals surface area contributed by atoms with Crippen molar-refractivity contribution >= 4 is 17.5 Å². The van der Waals surface area contributed by atoms with Crippen LogP contribution in [0.2, 0.25) is 0 Å². The zero-order chi connectivity index (χ0) is 12.1. The van der Waals surface area contributed by atoms with E-state index in [1.165, 1.54) is 0 Å². The van der Waals surface area contributed by atoms with Gasteiger partial charge in [0.25, 0.3) is 5.56 Å². The molecule has 5 heteroatoms. The molecule has 0 amide bonds. The van der Waals surface area contributed by atoms with Crippen molar-refractivity contribution in [1.29, 1.82) is 0 Å². The predicted molar refractivity (Wildman–Crippen MR) is 67.4 cm³/mol. The van der Waals surface area contributed by atoms with Gasteiger partial charge < -0.3 is 5.32 Å². The molecule has 90 valence electrons. The second kappa shape index (κ2) is 5.89. The number of hydrogen-bond acceptors (Lipinski definition) is 3. The van der Waals surface area contributed by atoms with Crippen LogP contribution in [0.4, 0.5) is 5.95 Å². The molecule has 1 heterocycles. The van der Waals surface area contributed by atoms with Crippen molar-refractivity contribution in [1.82, 2.24) is 9.55 Å². The van der Waals surface area contributed by atoms with Gasteiger partial charge >= 0.3 is 0 Å². The number of nitrogens with zero attached hydrogens (tertiary/aromatic N) is 2. The molecule has 0 bridgehead atoms. The molecule has 0 aliphatic carbocycles. The van der Waals surface area contributed by atoms with Crippen LogP contribution in [0.3, 0.4) is 0 Å². The Morgan fingerprint density at radius 3 is 2.75 bits per heavy atom. The van der Waals surface area contributed by atoms with E-state index in [4.69, 9.17) is 11.6 Å². The zero-order valence-electron chi connectivity index (χ0n) is 10.0. The van der Waals surface area contributed by atoms with E-state index in [0.717, 1.165) is 18.7 Å². The number of aryl methyl sites for hydroxylation is 1. The first kappa shape index (κ1) is 13.0. The molecule has 1 rings (SSSR count). The van der Waals surface area contributed by atoms with Gasteiger partial charge in [-0.25, -0.2) is 4.98 Å². The van der Waals surface area contributed by atoms with E-state index < -0.39 is 0 Å². The van der Waals surface area contributed by atoms with Crippen molar-refractivity contribution in [3.05, 3.63) is 21.6 Å². The molecule has 0 unspecified atom stereocenters. The monoisotopic (exact) mass is 243 g/mol. The number of halogens is 1. The third-order valence-electron chi connectivity index (χ3n) is 2.47. The van der Waals surface area contributed by atoms with Crippen molar-refractivity contribution < 1.29 is 0 Å². The smallest absolute Gasteiger partial charge is 0.258 e. The molecule has 0 aliphatic heterocycles. The van der Waals surface area contributed by atoms with Gasteiger partial charge in [0.05, 0.1) is 0 Å². The summed E-state index contributed by atoms with van der Waals surface area (Å²) in [5.74, 6) is 1.07. The van der Waals surface area contributed by atoms with Gasteiger partial charge in [-0.3, -0.25) is 9.36 Å². The summed E-state index contributed by atoms with van der Waals surface area (Å²) in [6.45, 7) is 4.73. The summed E-state index contributed by atoms with van der Waals surface area (Å²) in [6.07, 6.45) is 1.57. The van der Waals surface area contributed by atoms with Gasteiger partial charge in [-0.1, -0.05) is 6.92 Å². The van der Waals surface area contributed by atoms with Gasteiger partial charge in [-0.2, -0.15) is 0 Å². The van der Waals surface area contributed by atoms with Gasteiger partial charge in [-0.15, -0.1) is 11.6 Å². The molecule has 1 aromatic rings. The summed E-state index contributed by atoms with van der Waals surface area (Å²) in [5, 5.41) is 3.13. The van der Waals surface area contributed by atoms with Crippen LogP contribution in [-0.4, -0.2) is 22.0 Å². The maximum Gasteiger partial charge on any atom is 0.258 e. The van der Waals surface area contributed by atoms with E-state index in [2.05, 4.69) is 17.2 Å². The molecular formula is C11H18ClN3O. The fraction of sp³-hybridized carbons (Fsp3) is 0.636. The van der Waals surface area contributed by atoms with E-state index in [1.54, 1.807) is 11.6 Å². The van der Waals surface area contributed by atoms with E-state index in [9.17, 15) is 4.79 Å². The Morgan fingerprint density at radius 1 is 1.50 bits per heavy atom. The number of rotatable bonds is 5. The first-order valence-electron chi connectivity index (χ1n) is 5.48. The molecule has 4 nitrogen and oxygen atoms in total. The Morgan fingerprint density at radius 2 is 2.19 bits per heavy atom. The minimum atomic E-state index is -0.00764. The maximum absolute atomic E-state index is 12.0. The Labute approximate surface area is 101 Å². The summed E-state index contributed by atoms with van der Waals surface area (Å²) in [5.41, 5.74) is 1.47. The van der Waals surface area contributed by atoms with Crippen LogP contribution in [0.1, 0.15) is 24.6 Å². The Kier molecular flexibility index (Phi) is 4.80. The summed E-state index contributed by atoms with van der Waals surface area (Å²) in [6, 6.07) is 0. The minimum Gasteiger partial charge on any atom is -0.356 e. The fourth-order valence-electron chi connectivity index (χ4n) is 1.53. The number of aromatic nitrogens is 2. The molecular weight excluding hydrogens is 226 g/mol. The van der Waals surface area contributed by atoms with Crippen molar-refractivity contribution in [3.63, 3.8) is 0 Å². The van der Waals surface area contributed by atoms with Gasteiger partial charge in [0, 0.05) is 30.7 Å². The minimum absolute atomic E-state index is 0.00764. The predicted octanol–water partition coefficient (Wildman–Crippen LogP) is 1.69. The number of alkyl halides is 1. The normalized spacial score (nSPS) is 10.5. The van der Waals surface area contributed by atoms with E-state index in [0.29, 0.717) is 23.8 Å². The van der Waals surface area contributed by atoms with Crippen molar-refractivity contribution in [3.8, 4) is 0 Å². The molecule has 0 saturated carbocycles.